The highest BCUT2D eigenvalue weighted by molar-refractivity contribution is 6.31. The molecule has 15 heavy (non-hydrogen) atoms. The summed E-state index contributed by atoms with van der Waals surface area (Å²) in [6.07, 6.45) is -2.93. The molecule has 0 amide bonds. The summed E-state index contributed by atoms with van der Waals surface area (Å²) in [5, 5.41) is 8.34. The number of rotatable bonds is 3. The smallest absolute Gasteiger partial charge is 0.358 e. The van der Waals surface area contributed by atoms with Crippen molar-refractivity contribution < 1.29 is 23.4 Å². The molecule has 0 fully saturated rings. The first-order valence-electron chi connectivity index (χ1n) is 3.73. The number of methoxy groups -OCH3 is 1. The molecule has 0 aliphatic heterocycles. The van der Waals surface area contributed by atoms with Gasteiger partial charge < -0.3 is 9.84 Å². The Kier molecular flexibility index (Phi) is 3.41. The summed E-state index contributed by atoms with van der Waals surface area (Å²) < 4.78 is 29.3. The van der Waals surface area contributed by atoms with E-state index in [1.165, 1.54) is 7.11 Å². The zero-order valence-electron chi connectivity index (χ0n) is 7.50. The van der Waals surface area contributed by atoms with E-state index in [9.17, 15) is 13.6 Å². The molecule has 82 valence electrons. The molecule has 0 saturated carbocycles. The molecule has 0 unspecified atom stereocenters. The Balaban J connectivity index is 3.37. The van der Waals surface area contributed by atoms with E-state index in [-0.39, 0.29) is 10.8 Å². The largest absolute Gasteiger partial charge is 0.494 e. The lowest BCUT2D eigenvalue weighted by Gasteiger charge is -2.08. The van der Waals surface area contributed by atoms with Gasteiger partial charge in [0.25, 0.3) is 6.43 Å². The molecule has 0 bridgehead atoms. The van der Waals surface area contributed by atoms with Crippen molar-refractivity contribution in [3.63, 3.8) is 0 Å². The summed E-state index contributed by atoms with van der Waals surface area (Å²) in [5.41, 5.74) is -1.35. The van der Waals surface area contributed by atoms with Gasteiger partial charge in [0.2, 0.25) is 0 Å². The number of hydrogen-bond acceptors (Lipinski definition) is 3. The van der Waals surface area contributed by atoms with Gasteiger partial charge in [0.15, 0.2) is 11.4 Å². The monoisotopic (exact) mass is 237 g/mol. The van der Waals surface area contributed by atoms with Gasteiger partial charge >= 0.3 is 5.97 Å². The molecule has 1 aromatic heterocycles. The number of pyridine rings is 1. The summed E-state index contributed by atoms with van der Waals surface area (Å²) in [4.78, 5) is 13.9. The summed E-state index contributed by atoms with van der Waals surface area (Å²) >= 11 is 5.46. The van der Waals surface area contributed by atoms with E-state index in [4.69, 9.17) is 16.7 Å². The Labute approximate surface area is 88.4 Å². The molecule has 0 aliphatic carbocycles. The maximum atomic E-state index is 12.3. The van der Waals surface area contributed by atoms with E-state index in [1.807, 2.05) is 0 Å². The van der Waals surface area contributed by atoms with Crippen LogP contribution in [0.2, 0.25) is 5.02 Å². The molecule has 4 nitrogen and oxygen atoms in total. The van der Waals surface area contributed by atoms with Gasteiger partial charge in [-0.3, -0.25) is 0 Å². The van der Waals surface area contributed by atoms with Gasteiger partial charge in [0.1, 0.15) is 5.69 Å². The lowest BCUT2D eigenvalue weighted by Crippen LogP contribution is -2.07. The van der Waals surface area contributed by atoms with Crippen LogP contribution in [-0.4, -0.2) is 23.2 Å². The fourth-order valence-corrected chi connectivity index (χ4v) is 1.17. The highest BCUT2D eigenvalue weighted by atomic mass is 35.5. The minimum absolute atomic E-state index is 0.156. The quantitative estimate of drug-likeness (QED) is 0.877. The van der Waals surface area contributed by atoms with Crippen molar-refractivity contribution in [2.24, 2.45) is 0 Å². The lowest BCUT2D eigenvalue weighted by molar-refractivity contribution is 0.0684. The second-order valence-electron chi connectivity index (χ2n) is 2.51. The Bertz CT molecular complexity index is 398. The van der Waals surface area contributed by atoms with Crippen LogP contribution < -0.4 is 4.74 Å². The average molecular weight is 238 g/mol. The van der Waals surface area contributed by atoms with Crippen molar-refractivity contribution >= 4 is 17.6 Å². The number of hydrogen-bond donors (Lipinski definition) is 1. The number of ether oxygens (including phenoxy) is 1. The van der Waals surface area contributed by atoms with Gasteiger partial charge in [-0.1, -0.05) is 11.6 Å². The van der Waals surface area contributed by atoms with Crippen molar-refractivity contribution in [2.45, 2.75) is 6.43 Å². The van der Waals surface area contributed by atoms with Crippen LogP contribution in [-0.2, 0) is 0 Å². The number of carboxylic acids is 1. The van der Waals surface area contributed by atoms with E-state index < -0.39 is 23.8 Å². The third-order valence-corrected chi connectivity index (χ3v) is 1.90. The highest BCUT2D eigenvalue weighted by Gasteiger charge is 2.21. The highest BCUT2D eigenvalue weighted by Crippen LogP contribution is 2.30. The molecule has 0 aliphatic rings. The third-order valence-electron chi connectivity index (χ3n) is 1.60. The maximum Gasteiger partial charge on any atom is 0.358 e. The SMILES string of the molecule is COc1cc(Cl)c(C(F)F)nc1C(=O)O. The Morgan fingerprint density at radius 2 is 2.27 bits per heavy atom. The minimum atomic E-state index is -2.93. The molecule has 0 aromatic carbocycles. The van der Waals surface area contributed by atoms with Crippen LogP contribution in [0.3, 0.4) is 0 Å². The van der Waals surface area contributed by atoms with Gasteiger partial charge in [0, 0.05) is 6.07 Å². The zero-order valence-corrected chi connectivity index (χ0v) is 8.26. The standard InChI is InChI=1S/C8H6ClF2NO3/c1-15-4-2-3(9)5(7(10)11)12-6(4)8(13)14/h2,7H,1H3,(H,13,14). The van der Waals surface area contributed by atoms with Crippen LogP contribution >= 0.6 is 11.6 Å². The second-order valence-corrected chi connectivity index (χ2v) is 2.92. The second kappa shape index (κ2) is 4.39. The molecule has 7 heteroatoms. The first-order valence-corrected chi connectivity index (χ1v) is 4.11. The van der Waals surface area contributed by atoms with Crippen LogP contribution in [0.15, 0.2) is 6.07 Å². The number of nitrogens with zero attached hydrogens (tertiary/aromatic N) is 1. The molecular formula is C8H6ClF2NO3. The van der Waals surface area contributed by atoms with Crippen molar-refractivity contribution in [1.82, 2.24) is 4.98 Å². The molecule has 0 spiro atoms. The molecule has 1 aromatic rings. The van der Waals surface area contributed by atoms with Gasteiger partial charge in [0.05, 0.1) is 12.1 Å². The number of aromatic nitrogens is 1. The number of carboxylic acid groups (broad SMARTS) is 1. The fraction of sp³-hybridized carbons (Fsp3) is 0.250. The summed E-state index contributed by atoms with van der Waals surface area (Å²) in [5.74, 6) is -1.61. The van der Waals surface area contributed by atoms with Gasteiger partial charge in [-0.15, -0.1) is 0 Å². The predicted molar refractivity (Wildman–Crippen MR) is 47.7 cm³/mol. The van der Waals surface area contributed by atoms with E-state index in [1.54, 1.807) is 0 Å². The van der Waals surface area contributed by atoms with Crippen LogP contribution in [0, 0.1) is 0 Å². The third kappa shape index (κ3) is 2.33. The fourth-order valence-electron chi connectivity index (χ4n) is 0.948. The van der Waals surface area contributed by atoms with Crippen molar-refractivity contribution in [2.75, 3.05) is 7.11 Å². The first kappa shape index (κ1) is 11.6. The molecule has 1 N–H and O–H groups in total. The molecule has 0 radical (unpaired) electrons. The number of halogens is 3. The van der Waals surface area contributed by atoms with Crippen LogP contribution in [0.25, 0.3) is 0 Å². The van der Waals surface area contributed by atoms with E-state index in [2.05, 4.69) is 9.72 Å². The van der Waals surface area contributed by atoms with E-state index in [0.29, 0.717) is 0 Å². The van der Waals surface area contributed by atoms with E-state index in [0.717, 1.165) is 6.07 Å². The van der Waals surface area contributed by atoms with Gasteiger partial charge in [-0.2, -0.15) is 0 Å². The van der Waals surface area contributed by atoms with Gasteiger partial charge in [-0.05, 0) is 0 Å². The number of aromatic carboxylic acids is 1. The summed E-state index contributed by atoms with van der Waals surface area (Å²) in [6.45, 7) is 0. The minimum Gasteiger partial charge on any atom is -0.494 e. The number of alkyl halides is 2. The Morgan fingerprint density at radius 1 is 1.67 bits per heavy atom. The van der Waals surface area contributed by atoms with Crippen molar-refractivity contribution in [1.29, 1.82) is 0 Å². The maximum absolute atomic E-state index is 12.3. The molecule has 1 rings (SSSR count). The average Bonchev–Trinajstić information content (AvgIpc) is 2.16. The molecular weight excluding hydrogens is 232 g/mol. The van der Waals surface area contributed by atoms with Crippen LogP contribution in [0.1, 0.15) is 22.6 Å². The topological polar surface area (TPSA) is 59.4 Å². The Morgan fingerprint density at radius 3 is 2.67 bits per heavy atom. The summed E-state index contributed by atoms with van der Waals surface area (Å²) in [7, 11) is 1.20. The predicted octanol–water partition coefficient (Wildman–Crippen LogP) is 2.38. The number of carbonyl (C=O) groups is 1. The van der Waals surface area contributed by atoms with Crippen molar-refractivity contribution in [3.05, 3.63) is 22.5 Å². The van der Waals surface area contributed by atoms with E-state index >= 15 is 0 Å². The van der Waals surface area contributed by atoms with Gasteiger partial charge in [-0.25, -0.2) is 18.6 Å². The normalized spacial score (nSPS) is 10.5. The zero-order chi connectivity index (χ0) is 11.6. The Hall–Kier alpha value is -1.43. The molecule has 0 saturated heterocycles. The summed E-state index contributed by atoms with van der Waals surface area (Å²) in [6, 6.07) is 1.000. The molecule has 1 heterocycles. The molecule has 0 atom stereocenters. The van der Waals surface area contributed by atoms with Crippen LogP contribution in [0.4, 0.5) is 8.78 Å². The van der Waals surface area contributed by atoms with Crippen LogP contribution in [0.5, 0.6) is 5.75 Å². The lowest BCUT2D eigenvalue weighted by atomic mass is 10.2. The van der Waals surface area contributed by atoms with Crippen molar-refractivity contribution in [3.8, 4) is 5.75 Å². The first-order chi connectivity index (χ1) is 6.97.